The predicted molar refractivity (Wildman–Crippen MR) is 87.1 cm³/mol. The van der Waals surface area contributed by atoms with Gasteiger partial charge in [-0.25, -0.2) is 0 Å². The number of hydrogen-bond acceptors (Lipinski definition) is 3. The highest BCUT2D eigenvalue weighted by Gasteiger charge is 2.43. The van der Waals surface area contributed by atoms with Crippen molar-refractivity contribution in [1.82, 2.24) is 10.2 Å². The number of thiophene rings is 1. The monoisotopic (exact) mass is 306 g/mol. The third kappa shape index (κ3) is 2.76. The van der Waals surface area contributed by atoms with Crippen molar-refractivity contribution in [2.24, 2.45) is 11.8 Å². The standard InChI is InChI=1S/C17H26N2OS/c1-4-15-17(20)19(14-6-5-11(2)12(3)9-14)16(18-15)13-7-8-21-10-13/h7-8,10-12,14-16,18H,4-6,9H2,1-3H3. The number of hydrogen-bond donors (Lipinski definition) is 1. The second-order valence-corrected chi connectivity index (χ2v) is 7.53. The van der Waals surface area contributed by atoms with E-state index < -0.39 is 0 Å². The van der Waals surface area contributed by atoms with Crippen molar-refractivity contribution in [3.8, 4) is 0 Å². The minimum atomic E-state index is -0.00967. The molecule has 1 aromatic rings. The Kier molecular flexibility index (Phi) is 4.36. The molecule has 1 aliphatic heterocycles. The van der Waals surface area contributed by atoms with Gasteiger partial charge in [-0.2, -0.15) is 11.3 Å². The summed E-state index contributed by atoms with van der Waals surface area (Å²) in [7, 11) is 0. The first-order valence-corrected chi connectivity index (χ1v) is 9.16. The van der Waals surface area contributed by atoms with Gasteiger partial charge in [0, 0.05) is 6.04 Å². The lowest BCUT2D eigenvalue weighted by Gasteiger charge is -2.39. The van der Waals surface area contributed by atoms with E-state index in [2.05, 4.69) is 47.8 Å². The summed E-state index contributed by atoms with van der Waals surface area (Å²) < 4.78 is 0. The van der Waals surface area contributed by atoms with Gasteiger partial charge in [-0.3, -0.25) is 10.1 Å². The first-order chi connectivity index (χ1) is 10.1. The van der Waals surface area contributed by atoms with E-state index in [1.165, 1.54) is 12.0 Å². The van der Waals surface area contributed by atoms with Crippen LogP contribution in [0.25, 0.3) is 0 Å². The van der Waals surface area contributed by atoms with E-state index in [-0.39, 0.29) is 12.2 Å². The molecular formula is C17H26N2OS. The molecule has 2 fully saturated rings. The molecule has 4 heteroatoms. The van der Waals surface area contributed by atoms with Crippen LogP contribution in [0.1, 0.15) is 58.2 Å². The number of rotatable bonds is 3. The summed E-state index contributed by atoms with van der Waals surface area (Å²) in [4.78, 5) is 15.0. The first-order valence-electron chi connectivity index (χ1n) is 8.22. The Morgan fingerprint density at radius 1 is 1.33 bits per heavy atom. The molecule has 2 heterocycles. The van der Waals surface area contributed by atoms with Crippen molar-refractivity contribution in [3.63, 3.8) is 0 Å². The Hall–Kier alpha value is -0.870. The smallest absolute Gasteiger partial charge is 0.241 e. The fraction of sp³-hybridized carbons (Fsp3) is 0.706. The molecule has 2 aliphatic rings. The Balaban J connectivity index is 1.84. The van der Waals surface area contributed by atoms with Gasteiger partial charge >= 0.3 is 0 Å². The molecule has 116 valence electrons. The van der Waals surface area contributed by atoms with Gasteiger partial charge in [0.1, 0.15) is 6.17 Å². The quantitative estimate of drug-likeness (QED) is 0.921. The third-order valence-electron chi connectivity index (χ3n) is 5.42. The second kappa shape index (κ2) is 6.09. The van der Waals surface area contributed by atoms with Gasteiger partial charge in [0.15, 0.2) is 0 Å². The summed E-state index contributed by atoms with van der Waals surface area (Å²) in [5, 5.41) is 7.82. The first kappa shape index (κ1) is 15.0. The van der Waals surface area contributed by atoms with Crippen LogP contribution < -0.4 is 5.32 Å². The Morgan fingerprint density at radius 2 is 2.14 bits per heavy atom. The molecule has 0 bridgehead atoms. The second-order valence-electron chi connectivity index (χ2n) is 6.75. The predicted octanol–water partition coefficient (Wildman–Crippen LogP) is 3.78. The Bertz CT molecular complexity index is 487. The van der Waals surface area contributed by atoms with Crippen molar-refractivity contribution in [2.75, 3.05) is 0 Å². The van der Waals surface area contributed by atoms with Crippen molar-refractivity contribution in [3.05, 3.63) is 22.4 Å². The molecule has 1 amide bonds. The number of nitrogens with zero attached hydrogens (tertiary/aromatic N) is 1. The molecule has 1 saturated heterocycles. The lowest BCUT2D eigenvalue weighted by molar-refractivity contribution is -0.133. The van der Waals surface area contributed by atoms with Crippen LogP contribution in [-0.4, -0.2) is 22.9 Å². The zero-order valence-electron chi connectivity index (χ0n) is 13.2. The fourth-order valence-corrected chi connectivity index (χ4v) is 4.47. The largest absolute Gasteiger partial charge is 0.319 e. The van der Waals surface area contributed by atoms with Gasteiger partial charge in [-0.15, -0.1) is 0 Å². The summed E-state index contributed by atoms with van der Waals surface area (Å²) in [6.45, 7) is 6.77. The molecule has 5 unspecified atom stereocenters. The van der Waals surface area contributed by atoms with Crippen LogP contribution in [0, 0.1) is 11.8 Å². The molecule has 0 spiro atoms. The molecule has 1 aromatic heterocycles. The molecule has 1 aliphatic carbocycles. The highest BCUT2D eigenvalue weighted by atomic mass is 32.1. The third-order valence-corrected chi connectivity index (χ3v) is 6.12. The van der Waals surface area contributed by atoms with Crippen LogP contribution in [0.3, 0.4) is 0 Å². The number of carbonyl (C=O) groups excluding carboxylic acids is 1. The minimum Gasteiger partial charge on any atom is -0.319 e. The maximum absolute atomic E-state index is 12.8. The maximum atomic E-state index is 12.8. The summed E-state index contributed by atoms with van der Waals surface area (Å²) in [5.41, 5.74) is 1.25. The number of amides is 1. The van der Waals surface area contributed by atoms with Crippen molar-refractivity contribution in [2.45, 2.75) is 64.7 Å². The summed E-state index contributed by atoms with van der Waals surface area (Å²) in [6, 6.07) is 2.54. The molecule has 5 atom stereocenters. The average molecular weight is 306 g/mol. The van der Waals surface area contributed by atoms with E-state index in [0.717, 1.165) is 25.2 Å². The Labute approximate surface area is 131 Å². The molecule has 0 radical (unpaired) electrons. The molecule has 1 N–H and O–H groups in total. The van der Waals surface area contributed by atoms with E-state index in [0.29, 0.717) is 17.9 Å². The Morgan fingerprint density at radius 3 is 2.76 bits per heavy atom. The van der Waals surface area contributed by atoms with E-state index in [9.17, 15) is 4.79 Å². The number of carbonyl (C=O) groups is 1. The summed E-state index contributed by atoms with van der Waals surface area (Å²) in [5.74, 6) is 1.80. The highest BCUT2D eigenvalue weighted by Crippen LogP contribution is 2.38. The molecule has 3 nitrogen and oxygen atoms in total. The van der Waals surface area contributed by atoms with Crippen molar-refractivity contribution >= 4 is 17.2 Å². The normalized spacial score (nSPS) is 37.2. The highest BCUT2D eigenvalue weighted by molar-refractivity contribution is 7.07. The van der Waals surface area contributed by atoms with Gasteiger partial charge in [0.2, 0.25) is 5.91 Å². The van der Waals surface area contributed by atoms with E-state index >= 15 is 0 Å². The minimum absolute atomic E-state index is 0.00967. The van der Waals surface area contributed by atoms with Gasteiger partial charge < -0.3 is 4.90 Å². The lowest BCUT2D eigenvalue weighted by atomic mass is 9.78. The fourth-order valence-electron chi connectivity index (χ4n) is 3.79. The van der Waals surface area contributed by atoms with Gasteiger partial charge in [0.25, 0.3) is 0 Å². The van der Waals surface area contributed by atoms with E-state index in [1.54, 1.807) is 11.3 Å². The summed E-state index contributed by atoms with van der Waals surface area (Å²) >= 11 is 1.71. The van der Waals surface area contributed by atoms with Crippen LogP contribution in [0.15, 0.2) is 16.8 Å². The molecule has 3 rings (SSSR count). The van der Waals surface area contributed by atoms with Crippen molar-refractivity contribution in [1.29, 1.82) is 0 Å². The summed E-state index contributed by atoms with van der Waals surface area (Å²) in [6.07, 6.45) is 4.48. The number of nitrogens with one attached hydrogen (secondary N) is 1. The van der Waals surface area contributed by atoms with Gasteiger partial charge in [-0.1, -0.05) is 20.8 Å². The van der Waals surface area contributed by atoms with Crippen LogP contribution in [0.5, 0.6) is 0 Å². The van der Waals surface area contributed by atoms with Crippen LogP contribution in [0.2, 0.25) is 0 Å². The van der Waals surface area contributed by atoms with Gasteiger partial charge in [-0.05, 0) is 59.9 Å². The average Bonchev–Trinajstić information content (AvgIpc) is 3.09. The SMILES string of the molecule is CCC1NC(c2ccsc2)N(C2CCC(C)C(C)C2)C1=O. The van der Waals surface area contributed by atoms with Gasteiger partial charge in [0.05, 0.1) is 6.04 Å². The molecule has 0 aromatic carbocycles. The maximum Gasteiger partial charge on any atom is 0.241 e. The van der Waals surface area contributed by atoms with Crippen LogP contribution in [-0.2, 0) is 4.79 Å². The van der Waals surface area contributed by atoms with E-state index in [1.807, 2.05) is 0 Å². The topological polar surface area (TPSA) is 32.3 Å². The lowest BCUT2D eigenvalue weighted by Crippen LogP contribution is -2.43. The molecule has 21 heavy (non-hydrogen) atoms. The zero-order chi connectivity index (χ0) is 15.0. The van der Waals surface area contributed by atoms with Crippen LogP contribution in [0.4, 0.5) is 0 Å². The van der Waals surface area contributed by atoms with Crippen molar-refractivity contribution < 1.29 is 4.79 Å². The van der Waals surface area contributed by atoms with Crippen LogP contribution >= 0.6 is 11.3 Å². The molecule has 1 saturated carbocycles. The van der Waals surface area contributed by atoms with E-state index in [4.69, 9.17) is 0 Å². The zero-order valence-corrected chi connectivity index (χ0v) is 14.0. The molecular weight excluding hydrogens is 280 g/mol.